The average molecular weight is 419 g/mol. The van der Waals surface area contributed by atoms with Crippen LogP contribution in [0.4, 0.5) is 4.39 Å². The van der Waals surface area contributed by atoms with E-state index in [1.54, 1.807) is 12.1 Å². The lowest BCUT2D eigenvalue weighted by Gasteiger charge is -2.14. The maximum Gasteiger partial charge on any atom is 0.0921 e. The Morgan fingerprint density at radius 3 is 2.71 bits per heavy atom. The Bertz CT molecular complexity index is 1020. The van der Waals surface area contributed by atoms with E-state index in [4.69, 9.17) is 23.2 Å². The number of nitrogens with zero attached hydrogens (tertiary/aromatic N) is 2. The largest absolute Gasteiger partial charge is 0.390 e. The predicted molar refractivity (Wildman–Crippen MR) is 111 cm³/mol. The average Bonchev–Trinajstić information content (AvgIpc) is 2.93. The SMILES string of the molecule is OCc1nn(-c2ccc(Cl)cc2Cl)c2c1CCCc1cc(CCCF)ccc1-2. The van der Waals surface area contributed by atoms with Gasteiger partial charge in [-0.15, -0.1) is 0 Å². The van der Waals surface area contributed by atoms with E-state index >= 15 is 0 Å². The summed E-state index contributed by atoms with van der Waals surface area (Å²) in [4.78, 5) is 0. The van der Waals surface area contributed by atoms with Crippen molar-refractivity contribution in [1.82, 2.24) is 9.78 Å². The summed E-state index contributed by atoms with van der Waals surface area (Å²) in [6, 6.07) is 11.7. The molecule has 0 saturated carbocycles. The fraction of sp³-hybridized carbons (Fsp3) is 0.318. The van der Waals surface area contributed by atoms with E-state index in [1.165, 1.54) is 5.56 Å². The number of aliphatic hydroxyl groups excluding tert-OH is 1. The van der Waals surface area contributed by atoms with Gasteiger partial charge < -0.3 is 5.11 Å². The first-order valence-corrected chi connectivity index (χ1v) is 10.2. The number of rotatable bonds is 5. The van der Waals surface area contributed by atoms with Crippen molar-refractivity contribution in [3.05, 3.63) is 68.8 Å². The van der Waals surface area contributed by atoms with E-state index in [-0.39, 0.29) is 13.3 Å². The van der Waals surface area contributed by atoms with Crippen molar-refractivity contribution < 1.29 is 9.50 Å². The summed E-state index contributed by atoms with van der Waals surface area (Å²) in [5.74, 6) is 0. The minimum absolute atomic E-state index is 0.121. The third-order valence-electron chi connectivity index (χ3n) is 5.25. The zero-order valence-electron chi connectivity index (χ0n) is 15.4. The molecular formula is C22H21Cl2FN2O. The summed E-state index contributed by atoms with van der Waals surface area (Å²) in [5.41, 5.74) is 6.91. The fourth-order valence-corrected chi connectivity index (χ4v) is 4.44. The number of hydrogen-bond acceptors (Lipinski definition) is 2. The van der Waals surface area contributed by atoms with E-state index in [1.807, 2.05) is 10.7 Å². The molecule has 3 nitrogen and oxygen atoms in total. The van der Waals surface area contributed by atoms with E-state index in [9.17, 15) is 9.50 Å². The lowest BCUT2D eigenvalue weighted by molar-refractivity contribution is 0.275. The highest BCUT2D eigenvalue weighted by molar-refractivity contribution is 6.35. The molecule has 0 unspecified atom stereocenters. The van der Waals surface area contributed by atoms with Crippen molar-refractivity contribution in [1.29, 1.82) is 0 Å². The van der Waals surface area contributed by atoms with Crippen LogP contribution in [0.25, 0.3) is 16.9 Å². The van der Waals surface area contributed by atoms with Gasteiger partial charge in [0.1, 0.15) is 0 Å². The highest BCUT2D eigenvalue weighted by Gasteiger charge is 2.25. The van der Waals surface area contributed by atoms with Crippen LogP contribution >= 0.6 is 23.2 Å². The molecule has 1 aliphatic carbocycles. The third-order valence-corrected chi connectivity index (χ3v) is 5.79. The first-order valence-electron chi connectivity index (χ1n) is 9.47. The molecule has 0 amide bonds. The summed E-state index contributed by atoms with van der Waals surface area (Å²) in [5, 5.41) is 15.6. The molecule has 0 fully saturated rings. The second-order valence-electron chi connectivity index (χ2n) is 7.08. The van der Waals surface area contributed by atoms with Crippen LogP contribution in [0.15, 0.2) is 36.4 Å². The minimum atomic E-state index is -0.303. The Hall–Kier alpha value is -1.88. The van der Waals surface area contributed by atoms with Gasteiger partial charge in [0.05, 0.1) is 35.4 Å². The summed E-state index contributed by atoms with van der Waals surface area (Å²) in [6.07, 6.45) is 4.02. The molecule has 1 heterocycles. The van der Waals surface area contributed by atoms with Gasteiger partial charge in [-0.05, 0) is 61.4 Å². The van der Waals surface area contributed by atoms with Crippen molar-refractivity contribution in [3.63, 3.8) is 0 Å². The highest BCUT2D eigenvalue weighted by atomic mass is 35.5. The summed E-state index contributed by atoms with van der Waals surface area (Å²) in [7, 11) is 0. The molecule has 28 heavy (non-hydrogen) atoms. The van der Waals surface area contributed by atoms with Crippen LogP contribution in [-0.2, 0) is 25.9 Å². The Kier molecular flexibility index (Phi) is 5.72. The zero-order valence-corrected chi connectivity index (χ0v) is 16.9. The van der Waals surface area contributed by atoms with Gasteiger partial charge in [0.15, 0.2) is 0 Å². The molecule has 0 atom stereocenters. The molecule has 1 N–H and O–H groups in total. The Morgan fingerprint density at radius 1 is 1.11 bits per heavy atom. The van der Waals surface area contributed by atoms with Gasteiger partial charge in [0.25, 0.3) is 0 Å². The van der Waals surface area contributed by atoms with E-state index in [2.05, 4.69) is 23.3 Å². The molecule has 0 saturated heterocycles. The molecule has 1 aliphatic rings. The molecule has 6 heteroatoms. The van der Waals surface area contributed by atoms with E-state index in [0.717, 1.165) is 53.8 Å². The first-order chi connectivity index (χ1) is 13.6. The topological polar surface area (TPSA) is 38.1 Å². The maximum absolute atomic E-state index is 12.6. The van der Waals surface area contributed by atoms with Crippen LogP contribution in [0.2, 0.25) is 10.0 Å². The molecule has 0 spiro atoms. The monoisotopic (exact) mass is 418 g/mol. The number of alkyl halides is 1. The van der Waals surface area contributed by atoms with Gasteiger partial charge in [0, 0.05) is 16.1 Å². The summed E-state index contributed by atoms with van der Waals surface area (Å²) >= 11 is 12.5. The van der Waals surface area contributed by atoms with Crippen LogP contribution in [0.5, 0.6) is 0 Å². The number of hydrogen-bond donors (Lipinski definition) is 1. The summed E-state index contributed by atoms with van der Waals surface area (Å²) < 4.78 is 14.4. The standard InChI is InChI=1S/C22H21Cl2FN2O/c23-16-7-9-21(19(24)12-16)27-22-17-8-6-14(3-2-10-25)11-15(17)4-1-5-18(22)20(13-28)26-27/h6-9,11-12,28H,1-5,10,13H2. The number of fused-ring (bicyclic) bond motifs is 3. The number of benzene rings is 2. The zero-order chi connectivity index (χ0) is 19.7. The van der Waals surface area contributed by atoms with Crippen molar-refractivity contribution in [2.75, 3.05) is 6.67 Å². The number of halogens is 3. The predicted octanol–water partition coefficient (Wildman–Crippen LogP) is 5.73. The Balaban J connectivity index is 1.90. The van der Waals surface area contributed by atoms with Crippen molar-refractivity contribution >= 4 is 23.2 Å². The van der Waals surface area contributed by atoms with Gasteiger partial charge in [-0.1, -0.05) is 41.4 Å². The molecule has 2 aromatic carbocycles. The molecule has 0 aliphatic heterocycles. The van der Waals surface area contributed by atoms with E-state index in [0.29, 0.717) is 22.2 Å². The lowest BCUT2D eigenvalue weighted by Crippen LogP contribution is -2.02. The normalized spacial score (nSPS) is 13.1. The fourth-order valence-electron chi connectivity index (χ4n) is 3.96. The molecule has 0 radical (unpaired) electrons. The second-order valence-corrected chi connectivity index (χ2v) is 7.92. The quantitative estimate of drug-likeness (QED) is 0.574. The van der Waals surface area contributed by atoms with Gasteiger partial charge in [-0.2, -0.15) is 5.10 Å². The lowest BCUT2D eigenvalue weighted by atomic mass is 9.97. The molecular weight excluding hydrogens is 398 g/mol. The third kappa shape index (κ3) is 3.57. The van der Waals surface area contributed by atoms with Gasteiger partial charge in [-0.3, -0.25) is 4.39 Å². The number of aromatic nitrogens is 2. The van der Waals surface area contributed by atoms with Crippen molar-refractivity contribution in [2.24, 2.45) is 0 Å². The number of aliphatic hydroxyl groups is 1. The first kappa shape index (κ1) is 19.4. The molecule has 3 aromatic rings. The molecule has 4 rings (SSSR count). The van der Waals surface area contributed by atoms with Gasteiger partial charge in [-0.25, -0.2) is 4.68 Å². The van der Waals surface area contributed by atoms with Crippen LogP contribution < -0.4 is 0 Å². The van der Waals surface area contributed by atoms with Crippen molar-refractivity contribution in [3.8, 4) is 16.9 Å². The summed E-state index contributed by atoms with van der Waals surface area (Å²) in [6.45, 7) is -0.423. The van der Waals surface area contributed by atoms with Crippen LogP contribution in [-0.4, -0.2) is 21.6 Å². The second kappa shape index (κ2) is 8.24. The molecule has 146 valence electrons. The van der Waals surface area contributed by atoms with Crippen LogP contribution in [0, 0.1) is 0 Å². The molecule has 1 aromatic heterocycles. The van der Waals surface area contributed by atoms with Gasteiger partial charge >= 0.3 is 0 Å². The van der Waals surface area contributed by atoms with E-state index < -0.39 is 0 Å². The van der Waals surface area contributed by atoms with Crippen LogP contribution in [0.3, 0.4) is 0 Å². The van der Waals surface area contributed by atoms with Crippen molar-refractivity contribution in [2.45, 2.75) is 38.7 Å². The molecule has 0 bridgehead atoms. The highest BCUT2D eigenvalue weighted by Crippen LogP contribution is 2.38. The maximum atomic E-state index is 12.6. The Morgan fingerprint density at radius 2 is 1.96 bits per heavy atom. The number of aryl methyl sites for hydroxylation is 2. The van der Waals surface area contributed by atoms with Gasteiger partial charge in [0.2, 0.25) is 0 Å². The Labute approximate surface area is 173 Å². The van der Waals surface area contributed by atoms with Crippen LogP contribution in [0.1, 0.15) is 35.2 Å². The minimum Gasteiger partial charge on any atom is -0.390 e. The smallest absolute Gasteiger partial charge is 0.0921 e.